The van der Waals surface area contributed by atoms with Crippen LogP contribution in [0.1, 0.15) is 26.3 Å². The predicted molar refractivity (Wildman–Crippen MR) is 136 cm³/mol. The maximum atomic E-state index is 14.8. The van der Waals surface area contributed by atoms with E-state index < -0.39 is 33.8 Å². The molecule has 4 rings (SSSR count). The molecule has 0 aliphatic carbocycles. The number of benzene rings is 2. The van der Waals surface area contributed by atoms with E-state index in [2.05, 4.69) is 5.32 Å². The number of nitrogens with one attached hydrogen (secondary N) is 1. The van der Waals surface area contributed by atoms with E-state index in [-0.39, 0.29) is 41.9 Å². The third-order valence-corrected chi connectivity index (χ3v) is 8.24. The van der Waals surface area contributed by atoms with Crippen molar-refractivity contribution < 1.29 is 26.8 Å². The Morgan fingerprint density at radius 2 is 1.81 bits per heavy atom. The van der Waals surface area contributed by atoms with Gasteiger partial charge in [-0.25, -0.2) is 12.8 Å². The Morgan fingerprint density at radius 1 is 1.08 bits per heavy atom. The maximum absolute atomic E-state index is 14.8. The van der Waals surface area contributed by atoms with E-state index in [9.17, 15) is 22.4 Å². The molecule has 3 aromatic rings. The van der Waals surface area contributed by atoms with Crippen molar-refractivity contribution in [2.45, 2.75) is 44.3 Å². The highest BCUT2D eigenvalue weighted by Gasteiger charge is 2.43. The topological polar surface area (TPSA) is 99.9 Å². The largest absolute Gasteiger partial charge is 0.464 e. The molecule has 0 spiro atoms. The number of hydrogen-bond donors (Lipinski definition) is 1. The molecule has 1 aliphatic heterocycles. The van der Waals surface area contributed by atoms with Gasteiger partial charge in [0.25, 0.3) is 0 Å². The maximum Gasteiger partial charge on any atom is 0.244 e. The standard InChI is InChI=1S/C27H30FN3O5S/c1-18(2)27(33)31-19(3)16-30(37(34,35)22-8-5-4-6-9-22)17-24(31)26(32)29-15-21-12-11-20(14-23(21)28)25-10-7-13-36-25/h4-14,18-19,24H,15-17H2,1-3H3,(H,29,32)/t19-,24-/m1/s1. The van der Waals surface area contributed by atoms with Crippen LogP contribution < -0.4 is 5.32 Å². The fourth-order valence-corrected chi connectivity index (χ4v) is 6.00. The van der Waals surface area contributed by atoms with E-state index in [4.69, 9.17) is 4.42 Å². The van der Waals surface area contributed by atoms with Crippen LogP contribution in [0.2, 0.25) is 0 Å². The third kappa shape index (κ3) is 5.60. The Balaban J connectivity index is 1.55. The van der Waals surface area contributed by atoms with Crippen molar-refractivity contribution in [2.24, 2.45) is 5.92 Å². The minimum absolute atomic E-state index is 0.0579. The molecule has 1 aliphatic rings. The number of amides is 2. The lowest BCUT2D eigenvalue weighted by molar-refractivity contribution is -0.148. The molecule has 0 radical (unpaired) electrons. The number of carbonyl (C=O) groups is 2. The minimum atomic E-state index is -3.88. The molecule has 2 amide bonds. The molecule has 2 atom stereocenters. The first kappa shape index (κ1) is 26.6. The van der Waals surface area contributed by atoms with Gasteiger partial charge in [0.15, 0.2) is 0 Å². The van der Waals surface area contributed by atoms with Gasteiger partial charge in [0.2, 0.25) is 21.8 Å². The molecule has 2 aromatic carbocycles. The van der Waals surface area contributed by atoms with Gasteiger partial charge >= 0.3 is 0 Å². The molecule has 1 fully saturated rings. The first-order chi connectivity index (χ1) is 17.6. The molecule has 10 heteroatoms. The highest BCUT2D eigenvalue weighted by molar-refractivity contribution is 7.89. The summed E-state index contributed by atoms with van der Waals surface area (Å²) in [6, 6.07) is 14.4. The van der Waals surface area contributed by atoms with Crippen LogP contribution in [0.5, 0.6) is 0 Å². The second-order valence-corrected chi connectivity index (χ2v) is 11.3. The van der Waals surface area contributed by atoms with E-state index >= 15 is 0 Å². The summed E-state index contributed by atoms with van der Waals surface area (Å²) in [5, 5.41) is 2.70. The fraction of sp³-hybridized carbons (Fsp3) is 0.333. The average Bonchev–Trinajstić information content (AvgIpc) is 3.42. The number of halogens is 1. The van der Waals surface area contributed by atoms with E-state index in [1.165, 1.54) is 33.7 Å². The Kier molecular flexibility index (Phi) is 7.79. The van der Waals surface area contributed by atoms with Gasteiger partial charge in [-0.15, -0.1) is 0 Å². The van der Waals surface area contributed by atoms with Crippen LogP contribution >= 0.6 is 0 Å². The van der Waals surface area contributed by atoms with Crippen LogP contribution in [-0.2, 0) is 26.2 Å². The molecule has 2 heterocycles. The fourth-order valence-electron chi connectivity index (χ4n) is 4.45. The molecule has 196 valence electrons. The van der Waals surface area contributed by atoms with E-state index in [1.54, 1.807) is 63.2 Å². The van der Waals surface area contributed by atoms with Crippen molar-refractivity contribution in [1.82, 2.24) is 14.5 Å². The van der Waals surface area contributed by atoms with Gasteiger partial charge in [0.05, 0.1) is 11.2 Å². The molecule has 0 bridgehead atoms. The zero-order valence-electron chi connectivity index (χ0n) is 20.9. The summed E-state index contributed by atoms with van der Waals surface area (Å²) in [7, 11) is -3.88. The molecule has 1 aromatic heterocycles. The molecule has 8 nitrogen and oxygen atoms in total. The molecule has 0 saturated carbocycles. The van der Waals surface area contributed by atoms with Crippen molar-refractivity contribution in [1.29, 1.82) is 0 Å². The zero-order valence-corrected chi connectivity index (χ0v) is 21.7. The monoisotopic (exact) mass is 527 g/mol. The SMILES string of the molecule is CC(C)C(=O)N1[C@H](C)CN(S(=O)(=O)c2ccccc2)C[C@@H]1C(=O)NCc1ccc(-c2ccco2)cc1F. The summed E-state index contributed by atoms with van der Waals surface area (Å²) in [5.74, 6) is -1.19. The van der Waals surface area contributed by atoms with Gasteiger partial charge in [-0.05, 0) is 37.3 Å². The Morgan fingerprint density at radius 3 is 2.43 bits per heavy atom. The van der Waals surface area contributed by atoms with E-state index in [0.29, 0.717) is 11.3 Å². The van der Waals surface area contributed by atoms with E-state index in [1.807, 2.05) is 0 Å². The highest BCUT2D eigenvalue weighted by Crippen LogP contribution is 2.26. The number of hydrogen-bond acceptors (Lipinski definition) is 5. The number of nitrogens with zero attached hydrogens (tertiary/aromatic N) is 2. The van der Waals surface area contributed by atoms with Crippen molar-refractivity contribution in [3.8, 4) is 11.3 Å². The number of carbonyl (C=O) groups excluding carboxylic acids is 2. The van der Waals surface area contributed by atoms with Crippen LogP contribution in [0.4, 0.5) is 4.39 Å². The average molecular weight is 528 g/mol. The first-order valence-corrected chi connectivity index (χ1v) is 13.5. The first-order valence-electron chi connectivity index (χ1n) is 12.1. The molecule has 37 heavy (non-hydrogen) atoms. The summed E-state index contributed by atoms with van der Waals surface area (Å²) >= 11 is 0. The number of sulfonamides is 1. The Bertz CT molecular complexity index is 1360. The Hall–Kier alpha value is -3.50. The lowest BCUT2D eigenvalue weighted by Gasteiger charge is -2.44. The van der Waals surface area contributed by atoms with Crippen molar-refractivity contribution >= 4 is 21.8 Å². The third-order valence-electron chi connectivity index (χ3n) is 6.40. The second kappa shape index (κ2) is 10.9. The lowest BCUT2D eigenvalue weighted by Crippen LogP contribution is -2.65. The van der Waals surface area contributed by atoms with Gasteiger partial charge in [0, 0.05) is 42.7 Å². The van der Waals surface area contributed by atoms with Gasteiger partial charge in [0.1, 0.15) is 17.6 Å². The summed E-state index contributed by atoms with van der Waals surface area (Å²) < 4.78 is 47.9. The second-order valence-electron chi connectivity index (χ2n) is 9.40. The van der Waals surface area contributed by atoms with Gasteiger partial charge in [-0.1, -0.05) is 44.2 Å². The van der Waals surface area contributed by atoms with Crippen LogP contribution in [0.25, 0.3) is 11.3 Å². The predicted octanol–water partition coefficient (Wildman–Crippen LogP) is 3.65. The number of piperazine rings is 1. The van der Waals surface area contributed by atoms with Crippen molar-refractivity contribution in [2.75, 3.05) is 13.1 Å². The number of furan rings is 1. The van der Waals surface area contributed by atoms with Crippen LogP contribution in [-0.4, -0.2) is 54.6 Å². The van der Waals surface area contributed by atoms with E-state index in [0.717, 1.165) is 0 Å². The molecular formula is C27H30FN3O5S. The van der Waals surface area contributed by atoms with Gasteiger partial charge in [-0.2, -0.15) is 4.31 Å². The minimum Gasteiger partial charge on any atom is -0.464 e. The van der Waals surface area contributed by atoms with Gasteiger partial charge < -0.3 is 14.6 Å². The molecule has 1 saturated heterocycles. The Labute approximate surface area is 216 Å². The van der Waals surface area contributed by atoms with Crippen LogP contribution in [0.3, 0.4) is 0 Å². The quantitative estimate of drug-likeness (QED) is 0.506. The van der Waals surface area contributed by atoms with Crippen molar-refractivity contribution in [3.05, 3.63) is 78.3 Å². The smallest absolute Gasteiger partial charge is 0.244 e. The number of rotatable bonds is 7. The zero-order chi connectivity index (χ0) is 26.7. The summed E-state index contributed by atoms with van der Waals surface area (Å²) in [4.78, 5) is 28.0. The van der Waals surface area contributed by atoms with Gasteiger partial charge in [-0.3, -0.25) is 9.59 Å². The summed E-state index contributed by atoms with van der Waals surface area (Å²) in [6.07, 6.45) is 1.50. The molecule has 0 unspecified atom stereocenters. The van der Waals surface area contributed by atoms with Crippen molar-refractivity contribution in [3.63, 3.8) is 0 Å². The summed E-state index contributed by atoms with van der Waals surface area (Å²) in [5.41, 5.74) is 0.817. The molecule has 1 N–H and O–H groups in total. The summed E-state index contributed by atoms with van der Waals surface area (Å²) in [6.45, 7) is 4.91. The normalized spacial score (nSPS) is 18.7. The van der Waals surface area contributed by atoms with Crippen LogP contribution in [0.15, 0.2) is 76.2 Å². The lowest BCUT2D eigenvalue weighted by atomic mass is 10.0. The molecular weight excluding hydrogens is 497 g/mol. The van der Waals surface area contributed by atoms with Crippen LogP contribution in [0, 0.1) is 11.7 Å². The highest BCUT2D eigenvalue weighted by atomic mass is 32.2.